The Hall–Kier alpha value is -2.54. The molecule has 0 spiro atoms. The second-order valence-corrected chi connectivity index (χ2v) is 5.23. The van der Waals surface area contributed by atoms with Crippen LogP contribution in [0.25, 0.3) is 10.9 Å². The number of carbonyl (C=O) groups is 1. The molecule has 0 fully saturated rings. The van der Waals surface area contributed by atoms with Gasteiger partial charge in [-0.1, -0.05) is 30.3 Å². The highest BCUT2D eigenvalue weighted by molar-refractivity contribution is 5.99. The number of hydrogen-bond donors (Lipinski definition) is 2. The summed E-state index contributed by atoms with van der Waals surface area (Å²) >= 11 is 0. The summed E-state index contributed by atoms with van der Waals surface area (Å²) in [6.45, 7) is 3.72. The average Bonchev–Trinajstić information content (AvgIpc) is 2.92. The van der Waals surface area contributed by atoms with Gasteiger partial charge in [0.25, 0.3) is 0 Å². The standard InChI is InChI=1S/C17H23N3O4/c1-2-8-18-17(21)7-9-23-10-11-24-19-12-14-13-20(22)16-6-4-3-5-15(14)16/h3-6,12-13,22H,2,7-11H2,1H3,(H,18,21)/b19-12+. The first-order chi connectivity index (χ1) is 11.7. The van der Waals surface area contributed by atoms with Crippen LogP contribution in [0.15, 0.2) is 35.6 Å². The largest absolute Gasteiger partial charge is 0.428 e. The van der Waals surface area contributed by atoms with Crippen molar-refractivity contribution in [3.63, 3.8) is 0 Å². The van der Waals surface area contributed by atoms with Crippen molar-refractivity contribution in [3.05, 3.63) is 36.0 Å². The van der Waals surface area contributed by atoms with Gasteiger partial charge in [-0.3, -0.25) is 4.79 Å². The van der Waals surface area contributed by atoms with Crippen molar-refractivity contribution in [2.45, 2.75) is 19.8 Å². The molecule has 1 aromatic carbocycles. The van der Waals surface area contributed by atoms with Gasteiger partial charge in [-0.05, 0) is 12.5 Å². The van der Waals surface area contributed by atoms with Crippen LogP contribution in [-0.4, -0.2) is 48.4 Å². The van der Waals surface area contributed by atoms with Gasteiger partial charge in [0.15, 0.2) is 0 Å². The average molecular weight is 333 g/mol. The van der Waals surface area contributed by atoms with E-state index in [1.54, 1.807) is 12.4 Å². The Morgan fingerprint density at radius 1 is 1.33 bits per heavy atom. The molecule has 0 radical (unpaired) electrons. The number of para-hydroxylation sites is 1. The van der Waals surface area contributed by atoms with Gasteiger partial charge in [0.05, 0.1) is 31.1 Å². The quantitative estimate of drug-likeness (QED) is 0.302. The topological polar surface area (TPSA) is 85.1 Å². The molecule has 2 N–H and O–H groups in total. The van der Waals surface area contributed by atoms with Gasteiger partial charge in [0.1, 0.15) is 6.61 Å². The molecule has 0 aliphatic heterocycles. The number of fused-ring (bicyclic) bond motifs is 1. The highest BCUT2D eigenvalue weighted by atomic mass is 16.6. The minimum absolute atomic E-state index is 0.00353. The summed E-state index contributed by atoms with van der Waals surface area (Å²) in [5.74, 6) is -0.00353. The fourth-order valence-electron chi connectivity index (χ4n) is 2.15. The molecule has 7 nitrogen and oxygen atoms in total. The van der Waals surface area contributed by atoms with Gasteiger partial charge in [-0.2, -0.15) is 4.73 Å². The molecule has 7 heteroatoms. The molecule has 0 aliphatic rings. The number of hydrogen-bond acceptors (Lipinski definition) is 5. The van der Waals surface area contributed by atoms with Crippen molar-refractivity contribution in [1.82, 2.24) is 10.0 Å². The molecule has 0 bridgehead atoms. The number of aromatic nitrogens is 1. The molecule has 0 saturated heterocycles. The molecule has 0 saturated carbocycles. The molecule has 0 unspecified atom stereocenters. The minimum atomic E-state index is -0.00353. The highest BCUT2D eigenvalue weighted by Gasteiger charge is 2.05. The molecule has 1 heterocycles. The van der Waals surface area contributed by atoms with E-state index < -0.39 is 0 Å². The first-order valence-corrected chi connectivity index (χ1v) is 8.01. The number of nitrogens with one attached hydrogen (secondary N) is 1. The molecule has 0 aliphatic carbocycles. The Kier molecular flexibility index (Phi) is 7.10. The fraction of sp³-hybridized carbons (Fsp3) is 0.412. The monoisotopic (exact) mass is 333 g/mol. The van der Waals surface area contributed by atoms with Crippen LogP contribution in [0.4, 0.5) is 0 Å². The summed E-state index contributed by atoms with van der Waals surface area (Å²) in [6, 6.07) is 7.46. The summed E-state index contributed by atoms with van der Waals surface area (Å²) in [5.41, 5.74) is 1.48. The van der Waals surface area contributed by atoms with Crippen molar-refractivity contribution in [2.24, 2.45) is 5.16 Å². The van der Waals surface area contributed by atoms with Gasteiger partial charge in [-0.25, -0.2) is 0 Å². The van der Waals surface area contributed by atoms with Gasteiger partial charge >= 0.3 is 0 Å². The lowest BCUT2D eigenvalue weighted by Crippen LogP contribution is -2.25. The van der Waals surface area contributed by atoms with E-state index in [4.69, 9.17) is 9.57 Å². The predicted octanol–water partition coefficient (Wildman–Crippen LogP) is 2.16. The van der Waals surface area contributed by atoms with Crippen LogP contribution in [-0.2, 0) is 14.4 Å². The maximum absolute atomic E-state index is 11.3. The maximum Gasteiger partial charge on any atom is 0.222 e. The van der Waals surface area contributed by atoms with Gasteiger partial charge in [0, 0.05) is 23.9 Å². The lowest BCUT2D eigenvalue weighted by atomic mass is 10.2. The van der Waals surface area contributed by atoms with Gasteiger partial charge in [0.2, 0.25) is 5.91 Å². The van der Waals surface area contributed by atoms with Crippen molar-refractivity contribution in [2.75, 3.05) is 26.4 Å². The number of carbonyl (C=O) groups excluding carboxylic acids is 1. The number of amides is 1. The molecule has 0 atom stereocenters. The van der Waals surface area contributed by atoms with Crippen LogP contribution in [0.2, 0.25) is 0 Å². The van der Waals surface area contributed by atoms with Crippen LogP contribution in [0, 0.1) is 0 Å². The first kappa shape index (κ1) is 17.8. The third-order valence-corrected chi connectivity index (χ3v) is 3.35. The second kappa shape index (κ2) is 9.57. The van der Waals surface area contributed by atoms with Crippen LogP contribution in [0.1, 0.15) is 25.3 Å². The van der Waals surface area contributed by atoms with E-state index in [0.717, 1.165) is 22.1 Å². The lowest BCUT2D eigenvalue weighted by molar-refractivity contribution is -0.122. The van der Waals surface area contributed by atoms with E-state index in [1.165, 1.54) is 0 Å². The molecule has 2 rings (SSSR count). The molecule has 24 heavy (non-hydrogen) atoms. The van der Waals surface area contributed by atoms with Crippen molar-refractivity contribution < 1.29 is 19.6 Å². The second-order valence-electron chi connectivity index (χ2n) is 5.23. The summed E-state index contributed by atoms with van der Waals surface area (Å²) in [4.78, 5) is 16.5. The summed E-state index contributed by atoms with van der Waals surface area (Å²) in [7, 11) is 0. The van der Waals surface area contributed by atoms with Crippen LogP contribution >= 0.6 is 0 Å². The Balaban J connectivity index is 1.64. The predicted molar refractivity (Wildman–Crippen MR) is 91.4 cm³/mol. The van der Waals surface area contributed by atoms with E-state index in [0.29, 0.717) is 38.3 Å². The van der Waals surface area contributed by atoms with E-state index >= 15 is 0 Å². The van der Waals surface area contributed by atoms with Crippen LogP contribution < -0.4 is 5.32 Å². The van der Waals surface area contributed by atoms with E-state index in [-0.39, 0.29) is 5.91 Å². The van der Waals surface area contributed by atoms with Crippen molar-refractivity contribution in [1.29, 1.82) is 0 Å². The van der Waals surface area contributed by atoms with Crippen molar-refractivity contribution in [3.8, 4) is 0 Å². The zero-order valence-electron chi connectivity index (χ0n) is 13.8. The Bertz CT molecular complexity index is 682. The van der Waals surface area contributed by atoms with E-state index in [1.807, 2.05) is 31.2 Å². The summed E-state index contributed by atoms with van der Waals surface area (Å²) in [5, 5.41) is 17.3. The zero-order chi connectivity index (χ0) is 17.2. The lowest BCUT2D eigenvalue weighted by Gasteiger charge is -2.04. The first-order valence-electron chi connectivity index (χ1n) is 8.01. The molecular weight excluding hydrogens is 310 g/mol. The van der Waals surface area contributed by atoms with E-state index in [2.05, 4.69) is 10.5 Å². The summed E-state index contributed by atoms with van der Waals surface area (Å²) < 4.78 is 6.37. The van der Waals surface area contributed by atoms with Crippen LogP contribution in [0.3, 0.4) is 0 Å². The van der Waals surface area contributed by atoms with Crippen molar-refractivity contribution >= 4 is 23.0 Å². The number of benzene rings is 1. The Morgan fingerprint density at radius 3 is 3.00 bits per heavy atom. The number of rotatable bonds is 10. The smallest absolute Gasteiger partial charge is 0.222 e. The SMILES string of the molecule is CCCNC(=O)CCOCCO/N=C/c1cn(O)c2ccccc12. The van der Waals surface area contributed by atoms with E-state index in [9.17, 15) is 10.0 Å². The molecular formula is C17H23N3O4. The maximum atomic E-state index is 11.3. The fourth-order valence-corrected chi connectivity index (χ4v) is 2.15. The zero-order valence-corrected chi connectivity index (χ0v) is 13.8. The third kappa shape index (κ3) is 5.27. The summed E-state index contributed by atoms with van der Waals surface area (Å²) in [6.07, 6.45) is 4.39. The van der Waals surface area contributed by atoms with Gasteiger partial charge < -0.3 is 20.1 Å². The number of nitrogens with zero attached hydrogens (tertiary/aromatic N) is 2. The molecule has 1 amide bonds. The van der Waals surface area contributed by atoms with Crippen LogP contribution in [0.5, 0.6) is 0 Å². The molecule has 1 aromatic heterocycles. The third-order valence-electron chi connectivity index (χ3n) is 3.35. The highest BCUT2D eigenvalue weighted by Crippen LogP contribution is 2.18. The Morgan fingerprint density at radius 2 is 2.17 bits per heavy atom. The van der Waals surface area contributed by atoms with Gasteiger partial charge in [-0.15, -0.1) is 0 Å². The number of ether oxygens (including phenoxy) is 1. The molecule has 2 aromatic rings. The molecule has 130 valence electrons. The minimum Gasteiger partial charge on any atom is -0.428 e. The number of oxime groups is 1. The Labute approximate surface area is 140 Å². The normalized spacial score (nSPS) is 11.2.